The van der Waals surface area contributed by atoms with Crippen molar-refractivity contribution in [2.24, 2.45) is 0 Å². The lowest BCUT2D eigenvalue weighted by molar-refractivity contribution is -0.431. The van der Waals surface area contributed by atoms with Crippen LogP contribution in [0.1, 0.15) is 0 Å². The van der Waals surface area contributed by atoms with Crippen molar-refractivity contribution in [3.8, 4) is 0 Å². The summed E-state index contributed by atoms with van der Waals surface area (Å²) in [5, 5.41) is 13.5. The van der Waals surface area contributed by atoms with Crippen molar-refractivity contribution in [1.82, 2.24) is 0 Å². The number of thioether (sulfide) groups is 1. The highest BCUT2D eigenvalue weighted by Gasteiger charge is 2.10. The number of carboxylic acids is 1. The molecule has 1 amide bonds. The van der Waals surface area contributed by atoms with Gasteiger partial charge >= 0.3 is 0 Å². The smallest absolute Gasteiger partial charge is 0.234 e. The molecular formula is C11H13ClN2O3S. The maximum absolute atomic E-state index is 11.5. The lowest BCUT2D eigenvalue weighted by atomic mass is 10.3. The molecule has 0 saturated heterocycles. The summed E-state index contributed by atoms with van der Waals surface area (Å²) in [5.74, 6) is -1.07. The Morgan fingerprint density at radius 3 is 2.72 bits per heavy atom. The first-order valence-electron chi connectivity index (χ1n) is 5.16. The molecule has 0 heterocycles. The van der Waals surface area contributed by atoms with Crippen LogP contribution in [0, 0.1) is 0 Å². The summed E-state index contributed by atoms with van der Waals surface area (Å²) in [6, 6.07) is 6.07. The molecule has 0 radical (unpaired) electrons. The first kappa shape index (κ1) is 14.8. The summed E-state index contributed by atoms with van der Waals surface area (Å²) in [4.78, 5) is 21.9. The molecule has 0 aromatic heterocycles. The van der Waals surface area contributed by atoms with Crippen LogP contribution in [0.5, 0.6) is 0 Å². The Morgan fingerprint density at radius 2 is 2.11 bits per heavy atom. The van der Waals surface area contributed by atoms with Crippen molar-refractivity contribution in [1.29, 1.82) is 0 Å². The van der Waals surface area contributed by atoms with Crippen molar-refractivity contribution < 1.29 is 20.4 Å². The highest BCUT2D eigenvalue weighted by Crippen LogP contribution is 2.20. The molecular weight excluding hydrogens is 276 g/mol. The molecule has 0 saturated carbocycles. The molecule has 5 nitrogen and oxygen atoms in total. The Labute approximate surface area is 114 Å². The second-order valence-electron chi connectivity index (χ2n) is 3.56. The number of hydrogen-bond acceptors (Lipinski definition) is 4. The highest BCUT2D eigenvalue weighted by molar-refractivity contribution is 8.00. The summed E-state index contributed by atoms with van der Waals surface area (Å²) >= 11 is 7.06. The second-order valence-corrected chi connectivity index (χ2v) is 5.00. The van der Waals surface area contributed by atoms with E-state index >= 15 is 0 Å². The van der Waals surface area contributed by atoms with Gasteiger partial charge in [-0.3, -0.25) is 4.79 Å². The van der Waals surface area contributed by atoms with Crippen LogP contribution in [-0.4, -0.2) is 29.4 Å². The number of carbonyl (C=O) groups excluding carboxylic acids is 2. The minimum atomic E-state index is -1.21. The fourth-order valence-electron chi connectivity index (χ4n) is 1.11. The number of aliphatic carboxylic acids is 1. The Kier molecular flexibility index (Phi) is 5.97. The molecule has 18 heavy (non-hydrogen) atoms. The van der Waals surface area contributed by atoms with Gasteiger partial charge in [0.25, 0.3) is 0 Å². The van der Waals surface area contributed by atoms with Gasteiger partial charge in [-0.15, -0.1) is 11.8 Å². The van der Waals surface area contributed by atoms with Gasteiger partial charge in [0.15, 0.2) is 0 Å². The zero-order valence-electron chi connectivity index (χ0n) is 9.52. The van der Waals surface area contributed by atoms with E-state index in [1.807, 2.05) is 0 Å². The maximum Gasteiger partial charge on any atom is 0.234 e. The second kappa shape index (κ2) is 7.25. The fraction of sp³-hybridized carbons (Fsp3) is 0.273. The van der Waals surface area contributed by atoms with Crippen LogP contribution in [0.4, 0.5) is 5.69 Å². The molecule has 1 rings (SSSR count). The van der Waals surface area contributed by atoms with Crippen molar-refractivity contribution in [3.05, 3.63) is 29.3 Å². The molecule has 0 unspecified atom stereocenters. The van der Waals surface area contributed by atoms with Crippen molar-refractivity contribution in [3.63, 3.8) is 0 Å². The molecule has 7 heteroatoms. The summed E-state index contributed by atoms with van der Waals surface area (Å²) in [6.07, 6.45) is 0. The molecule has 0 spiro atoms. The fourth-order valence-corrected chi connectivity index (χ4v) is 2.09. The third-order valence-corrected chi connectivity index (χ3v) is 3.47. The maximum atomic E-state index is 11.5. The van der Waals surface area contributed by atoms with E-state index in [2.05, 4.69) is 11.1 Å². The minimum absolute atomic E-state index is 0.143. The van der Waals surface area contributed by atoms with E-state index in [4.69, 9.17) is 11.6 Å². The SMILES string of the molecule is [NH3+][C@@H](CSCC(=O)Nc1ccccc1Cl)C(=O)[O-]. The number of halogens is 1. The minimum Gasteiger partial charge on any atom is -0.544 e. The molecule has 4 N–H and O–H groups in total. The molecule has 0 aliphatic heterocycles. The van der Waals surface area contributed by atoms with E-state index in [9.17, 15) is 14.7 Å². The average Bonchev–Trinajstić information content (AvgIpc) is 2.32. The third-order valence-electron chi connectivity index (χ3n) is 2.03. The number of para-hydroxylation sites is 1. The molecule has 0 bridgehead atoms. The number of nitrogens with one attached hydrogen (secondary N) is 1. The van der Waals surface area contributed by atoms with Crippen LogP contribution >= 0.6 is 23.4 Å². The van der Waals surface area contributed by atoms with Gasteiger partial charge in [0.1, 0.15) is 6.04 Å². The predicted molar refractivity (Wildman–Crippen MR) is 69.1 cm³/mol. The van der Waals surface area contributed by atoms with E-state index in [0.29, 0.717) is 10.7 Å². The van der Waals surface area contributed by atoms with Gasteiger partial charge in [0.2, 0.25) is 5.91 Å². The lowest BCUT2D eigenvalue weighted by Gasteiger charge is -2.09. The first-order chi connectivity index (χ1) is 8.50. The predicted octanol–water partition coefficient (Wildman–Crippen LogP) is -0.628. The Bertz CT molecular complexity index is 442. The number of rotatable bonds is 6. The Balaban J connectivity index is 2.35. The topological polar surface area (TPSA) is 96.9 Å². The molecule has 0 aliphatic carbocycles. The van der Waals surface area contributed by atoms with Gasteiger partial charge in [-0.25, -0.2) is 0 Å². The van der Waals surface area contributed by atoms with Crippen LogP contribution in [0.15, 0.2) is 24.3 Å². The molecule has 0 fully saturated rings. The summed E-state index contributed by atoms with van der Waals surface area (Å²) in [5.41, 5.74) is 3.93. The largest absolute Gasteiger partial charge is 0.544 e. The Morgan fingerprint density at radius 1 is 1.44 bits per heavy atom. The van der Waals surface area contributed by atoms with Gasteiger partial charge in [-0.1, -0.05) is 23.7 Å². The zero-order valence-corrected chi connectivity index (χ0v) is 11.1. The van der Waals surface area contributed by atoms with Crippen LogP contribution in [0.25, 0.3) is 0 Å². The van der Waals surface area contributed by atoms with Crippen LogP contribution in [0.3, 0.4) is 0 Å². The molecule has 1 atom stereocenters. The number of quaternary nitrogens is 1. The van der Waals surface area contributed by atoms with Crippen LogP contribution < -0.4 is 16.2 Å². The molecule has 98 valence electrons. The van der Waals surface area contributed by atoms with E-state index in [1.54, 1.807) is 24.3 Å². The average molecular weight is 289 g/mol. The number of carboxylic acid groups (broad SMARTS) is 1. The zero-order chi connectivity index (χ0) is 13.5. The van der Waals surface area contributed by atoms with Gasteiger partial charge in [0, 0.05) is 0 Å². The quantitative estimate of drug-likeness (QED) is 0.728. The van der Waals surface area contributed by atoms with Gasteiger partial charge in [0.05, 0.1) is 28.2 Å². The summed E-state index contributed by atoms with van der Waals surface area (Å²) in [6.45, 7) is 0. The van der Waals surface area contributed by atoms with E-state index in [0.717, 1.165) is 0 Å². The molecule has 0 aliphatic rings. The van der Waals surface area contributed by atoms with Gasteiger partial charge in [-0.2, -0.15) is 0 Å². The van der Waals surface area contributed by atoms with E-state index in [1.165, 1.54) is 11.8 Å². The van der Waals surface area contributed by atoms with E-state index < -0.39 is 12.0 Å². The lowest BCUT2D eigenvalue weighted by Crippen LogP contribution is -2.69. The monoisotopic (exact) mass is 288 g/mol. The normalized spacial score (nSPS) is 11.9. The molecule has 1 aromatic carbocycles. The van der Waals surface area contributed by atoms with Crippen LogP contribution in [0.2, 0.25) is 5.02 Å². The van der Waals surface area contributed by atoms with Gasteiger partial charge in [-0.05, 0) is 12.1 Å². The summed E-state index contributed by atoms with van der Waals surface area (Å²) < 4.78 is 0. The molecule has 1 aromatic rings. The first-order valence-corrected chi connectivity index (χ1v) is 6.70. The van der Waals surface area contributed by atoms with E-state index in [-0.39, 0.29) is 17.4 Å². The number of benzene rings is 1. The van der Waals surface area contributed by atoms with Crippen LogP contribution in [-0.2, 0) is 9.59 Å². The Hall–Kier alpha value is -1.24. The standard InChI is InChI=1S/C11H13ClN2O3S/c12-7-3-1-2-4-9(7)14-10(15)6-18-5-8(13)11(16)17/h1-4,8H,5-6,13H2,(H,14,15)(H,16,17)/t8-/m0/s1. The third kappa shape index (κ3) is 4.95. The van der Waals surface area contributed by atoms with Crippen molar-refractivity contribution in [2.45, 2.75) is 6.04 Å². The number of hydrogen-bond donors (Lipinski definition) is 2. The number of amides is 1. The summed E-state index contributed by atoms with van der Waals surface area (Å²) in [7, 11) is 0. The number of carbonyl (C=O) groups is 2. The van der Waals surface area contributed by atoms with Gasteiger partial charge < -0.3 is 21.0 Å². The van der Waals surface area contributed by atoms with Crippen molar-refractivity contribution >= 4 is 40.9 Å². The van der Waals surface area contributed by atoms with Crippen molar-refractivity contribution in [2.75, 3.05) is 16.8 Å². The highest BCUT2D eigenvalue weighted by atomic mass is 35.5. The number of anilines is 1.